The molecule has 0 aliphatic carbocycles. The van der Waals surface area contributed by atoms with E-state index in [1.54, 1.807) is 0 Å². The molecule has 2 heteroatoms. The lowest BCUT2D eigenvalue weighted by Gasteiger charge is -2.10. The molecule has 1 atom stereocenters. The Labute approximate surface area is 108 Å². The standard InChI is InChI=1S/C16H18N2/c1-14(16-11-5-6-12-18-16)17-13-7-10-15-8-3-2-4-9-15/h2-12,14,17H,13H2,1H3. The van der Waals surface area contributed by atoms with Gasteiger partial charge in [0.05, 0.1) is 5.69 Å². The molecule has 2 nitrogen and oxygen atoms in total. The van der Waals surface area contributed by atoms with Gasteiger partial charge < -0.3 is 5.32 Å². The van der Waals surface area contributed by atoms with Crippen molar-refractivity contribution in [2.45, 2.75) is 13.0 Å². The minimum absolute atomic E-state index is 0.270. The predicted octanol–water partition coefficient (Wildman–Crippen LogP) is 3.45. The molecule has 1 heterocycles. The Morgan fingerprint density at radius 1 is 1.11 bits per heavy atom. The van der Waals surface area contributed by atoms with Crippen molar-refractivity contribution < 1.29 is 0 Å². The van der Waals surface area contributed by atoms with Crippen LogP contribution in [-0.4, -0.2) is 11.5 Å². The molecule has 0 aliphatic rings. The fraction of sp³-hybridized carbons (Fsp3) is 0.188. The molecular formula is C16H18N2. The smallest absolute Gasteiger partial charge is 0.0570 e. The minimum atomic E-state index is 0.270. The maximum atomic E-state index is 4.33. The third kappa shape index (κ3) is 3.82. The van der Waals surface area contributed by atoms with Gasteiger partial charge in [-0.25, -0.2) is 0 Å². The van der Waals surface area contributed by atoms with Crippen molar-refractivity contribution in [2.24, 2.45) is 0 Å². The Morgan fingerprint density at radius 3 is 2.61 bits per heavy atom. The van der Waals surface area contributed by atoms with Crippen LogP contribution < -0.4 is 5.32 Å². The zero-order chi connectivity index (χ0) is 12.6. The molecule has 1 aromatic heterocycles. The average molecular weight is 238 g/mol. The number of hydrogen-bond donors (Lipinski definition) is 1. The highest BCUT2D eigenvalue weighted by molar-refractivity contribution is 5.48. The fourth-order valence-corrected chi connectivity index (χ4v) is 1.74. The van der Waals surface area contributed by atoms with Gasteiger partial charge >= 0.3 is 0 Å². The summed E-state index contributed by atoms with van der Waals surface area (Å²) in [5.74, 6) is 0. The maximum Gasteiger partial charge on any atom is 0.0570 e. The summed E-state index contributed by atoms with van der Waals surface area (Å²) in [6.45, 7) is 2.96. The molecule has 2 rings (SSSR count). The lowest BCUT2D eigenvalue weighted by Crippen LogP contribution is -2.19. The first-order valence-corrected chi connectivity index (χ1v) is 6.22. The summed E-state index contributed by atoms with van der Waals surface area (Å²) in [5, 5.41) is 3.42. The molecule has 0 spiro atoms. The second kappa shape index (κ2) is 6.72. The van der Waals surface area contributed by atoms with Crippen molar-refractivity contribution in [3.63, 3.8) is 0 Å². The molecule has 0 saturated carbocycles. The van der Waals surface area contributed by atoms with Crippen LogP contribution in [0.5, 0.6) is 0 Å². The minimum Gasteiger partial charge on any atom is -0.305 e. The van der Waals surface area contributed by atoms with Crippen LogP contribution in [0.15, 0.2) is 60.8 Å². The molecule has 0 amide bonds. The number of aromatic nitrogens is 1. The first-order chi connectivity index (χ1) is 8.86. The van der Waals surface area contributed by atoms with Gasteiger partial charge in [-0.3, -0.25) is 4.98 Å². The van der Waals surface area contributed by atoms with E-state index >= 15 is 0 Å². The molecule has 0 radical (unpaired) electrons. The van der Waals surface area contributed by atoms with E-state index < -0.39 is 0 Å². The number of nitrogens with zero attached hydrogens (tertiary/aromatic N) is 1. The first-order valence-electron chi connectivity index (χ1n) is 6.22. The second-order valence-corrected chi connectivity index (χ2v) is 4.20. The lowest BCUT2D eigenvalue weighted by atomic mass is 10.2. The van der Waals surface area contributed by atoms with Gasteiger partial charge in [-0.2, -0.15) is 0 Å². The van der Waals surface area contributed by atoms with Crippen molar-refractivity contribution in [3.8, 4) is 0 Å². The molecule has 1 N–H and O–H groups in total. The zero-order valence-corrected chi connectivity index (χ0v) is 10.6. The highest BCUT2D eigenvalue weighted by Gasteiger charge is 2.02. The average Bonchev–Trinajstić information content (AvgIpc) is 2.45. The second-order valence-electron chi connectivity index (χ2n) is 4.20. The van der Waals surface area contributed by atoms with Crippen molar-refractivity contribution in [3.05, 3.63) is 72.1 Å². The van der Waals surface area contributed by atoms with Crippen molar-refractivity contribution in [1.82, 2.24) is 10.3 Å². The largest absolute Gasteiger partial charge is 0.305 e. The Kier molecular flexibility index (Phi) is 4.68. The maximum absolute atomic E-state index is 4.33. The summed E-state index contributed by atoms with van der Waals surface area (Å²) >= 11 is 0. The van der Waals surface area contributed by atoms with E-state index in [0.29, 0.717) is 0 Å². The first kappa shape index (κ1) is 12.5. The Balaban J connectivity index is 1.81. The van der Waals surface area contributed by atoms with Crippen molar-refractivity contribution >= 4 is 6.08 Å². The van der Waals surface area contributed by atoms with Crippen molar-refractivity contribution in [1.29, 1.82) is 0 Å². The Bertz CT molecular complexity index is 477. The van der Waals surface area contributed by atoms with Crippen LogP contribution in [0.4, 0.5) is 0 Å². The number of rotatable bonds is 5. The summed E-state index contributed by atoms with van der Waals surface area (Å²) in [7, 11) is 0. The van der Waals surface area contributed by atoms with E-state index in [2.05, 4.69) is 41.5 Å². The third-order valence-corrected chi connectivity index (χ3v) is 2.78. The molecule has 0 fully saturated rings. The van der Waals surface area contributed by atoms with E-state index in [1.165, 1.54) is 5.56 Å². The van der Waals surface area contributed by atoms with Gasteiger partial charge in [0.1, 0.15) is 0 Å². The number of nitrogens with one attached hydrogen (secondary N) is 1. The van der Waals surface area contributed by atoms with Gasteiger partial charge in [0.2, 0.25) is 0 Å². The van der Waals surface area contributed by atoms with Crippen LogP contribution in [-0.2, 0) is 0 Å². The van der Waals surface area contributed by atoms with Gasteiger partial charge in [0.25, 0.3) is 0 Å². The molecule has 2 aromatic rings. The molecule has 0 saturated heterocycles. The van der Waals surface area contributed by atoms with Crippen LogP contribution in [0.25, 0.3) is 6.08 Å². The van der Waals surface area contributed by atoms with E-state index in [9.17, 15) is 0 Å². The normalized spacial score (nSPS) is 12.7. The lowest BCUT2D eigenvalue weighted by molar-refractivity contribution is 0.601. The predicted molar refractivity (Wildman–Crippen MR) is 76.1 cm³/mol. The fourth-order valence-electron chi connectivity index (χ4n) is 1.74. The van der Waals surface area contributed by atoms with Crippen LogP contribution in [0, 0.1) is 0 Å². The molecular weight excluding hydrogens is 220 g/mol. The summed E-state index contributed by atoms with van der Waals surface area (Å²) in [6, 6.07) is 16.6. The number of hydrogen-bond acceptors (Lipinski definition) is 2. The van der Waals surface area contributed by atoms with Gasteiger partial charge in [-0.05, 0) is 24.6 Å². The Morgan fingerprint density at radius 2 is 1.89 bits per heavy atom. The highest BCUT2D eigenvalue weighted by Crippen LogP contribution is 2.07. The monoisotopic (exact) mass is 238 g/mol. The zero-order valence-electron chi connectivity index (χ0n) is 10.6. The highest BCUT2D eigenvalue weighted by atomic mass is 14.9. The van der Waals surface area contributed by atoms with E-state index in [-0.39, 0.29) is 6.04 Å². The topological polar surface area (TPSA) is 24.9 Å². The Hall–Kier alpha value is -1.93. The molecule has 18 heavy (non-hydrogen) atoms. The molecule has 1 aromatic carbocycles. The van der Waals surface area contributed by atoms with Crippen LogP contribution in [0.3, 0.4) is 0 Å². The number of benzene rings is 1. The van der Waals surface area contributed by atoms with Gasteiger partial charge in [0, 0.05) is 18.8 Å². The quantitative estimate of drug-likeness (QED) is 0.863. The van der Waals surface area contributed by atoms with Crippen LogP contribution in [0.2, 0.25) is 0 Å². The summed E-state index contributed by atoms with van der Waals surface area (Å²) < 4.78 is 0. The van der Waals surface area contributed by atoms with E-state index in [1.807, 2.05) is 42.6 Å². The summed E-state index contributed by atoms with van der Waals surface area (Å²) in [5.41, 5.74) is 2.30. The molecule has 0 aliphatic heterocycles. The summed E-state index contributed by atoms with van der Waals surface area (Å²) in [4.78, 5) is 4.33. The van der Waals surface area contributed by atoms with Crippen LogP contribution in [0.1, 0.15) is 24.2 Å². The van der Waals surface area contributed by atoms with Gasteiger partial charge in [0.15, 0.2) is 0 Å². The van der Waals surface area contributed by atoms with Gasteiger partial charge in [-0.15, -0.1) is 0 Å². The van der Waals surface area contributed by atoms with Gasteiger partial charge in [-0.1, -0.05) is 48.6 Å². The molecule has 0 bridgehead atoms. The van der Waals surface area contributed by atoms with Crippen LogP contribution >= 0.6 is 0 Å². The van der Waals surface area contributed by atoms with Crippen molar-refractivity contribution in [2.75, 3.05) is 6.54 Å². The SMILES string of the molecule is CC(NCC=Cc1ccccc1)c1ccccn1. The molecule has 1 unspecified atom stereocenters. The number of pyridine rings is 1. The van der Waals surface area contributed by atoms with E-state index in [0.717, 1.165) is 12.2 Å². The third-order valence-electron chi connectivity index (χ3n) is 2.78. The molecule has 92 valence electrons. The van der Waals surface area contributed by atoms with E-state index in [4.69, 9.17) is 0 Å². The summed E-state index contributed by atoms with van der Waals surface area (Å²) in [6.07, 6.45) is 6.08.